The van der Waals surface area contributed by atoms with Crippen molar-refractivity contribution in [3.63, 3.8) is 0 Å². The molecular formula is C12H26N2O. The molecule has 1 heterocycles. The Morgan fingerprint density at radius 1 is 1.53 bits per heavy atom. The smallest absolute Gasteiger partial charge is 0.0622 e. The Hall–Kier alpha value is -0.120. The van der Waals surface area contributed by atoms with Gasteiger partial charge >= 0.3 is 0 Å². The van der Waals surface area contributed by atoms with Crippen LogP contribution >= 0.6 is 0 Å². The molecule has 3 heteroatoms. The first kappa shape index (κ1) is 12.9. The lowest BCUT2D eigenvalue weighted by atomic mass is 9.86. The molecule has 0 aliphatic carbocycles. The van der Waals surface area contributed by atoms with Crippen LogP contribution in [0.15, 0.2) is 0 Å². The normalized spacial score (nSPS) is 25.8. The first-order valence-electron chi connectivity index (χ1n) is 6.04. The maximum Gasteiger partial charge on any atom is 0.0622 e. The van der Waals surface area contributed by atoms with E-state index in [1.54, 1.807) is 0 Å². The molecule has 1 saturated heterocycles. The summed E-state index contributed by atoms with van der Waals surface area (Å²) in [6.07, 6.45) is 2.40. The average Bonchev–Trinajstić information content (AvgIpc) is 2.71. The number of nitrogens with zero attached hydrogens (tertiary/aromatic N) is 1. The number of nitrogens with one attached hydrogen (secondary N) is 1. The molecule has 3 nitrogen and oxygen atoms in total. The molecule has 0 aromatic rings. The Balaban J connectivity index is 2.42. The summed E-state index contributed by atoms with van der Waals surface area (Å²) in [7, 11) is 4.26. The molecule has 0 radical (unpaired) electrons. The molecule has 0 saturated carbocycles. The van der Waals surface area contributed by atoms with Crippen LogP contribution in [0.2, 0.25) is 0 Å². The lowest BCUT2D eigenvalue weighted by molar-refractivity contribution is 0.120. The van der Waals surface area contributed by atoms with Gasteiger partial charge in [0.1, 0.15) is 0 Å². The summed E-state index contributed by atoms with van der Waals surface area (Å²) in [5.74, 6) is 0. The molecular weight excluding hydrogens is 188 g/mol. The van der Waals surface area contributed by atoms with E-state index in [9.17, 15) is 0 Å². The maximum absolute atomic E-state index is 5.43. The highest BCUT2D eigenvalue weighted by Crippen LogP contribution is 2.23. The Labute approximate surface area is 94.2 Å². The van der Waals surface area contributed by atoms with Gasteiger partial charge in [0.05, 0.1) is 6.61 Å². The van der Waals surface area contributed by atoms with E-state index in [0.717, 1.165) is 26.3 Å². The highest BCUT2D eigenvalue weighted by molar-refractivity contribution is 4.82. The minimum absolute atomic E-state index is 0.381. The van der Waals surface area contributed by atoms with Crippen molar-refractivity contribution in [2.75, 3.05) is 40.4 Å². The second-order valence-corrected chi connectivity index (χ2v) is 5.13. The van der Waals surface area contributed by atoms with Crippen LogP contribution in [0.25, 0.3) is 0 Å². The van der Waals surface area contributed by atoms with Crippen molar-refractivity contribution >= 4 is 0 Å². The van der Waals surface area contributed by atoms with Crippen molar-refractivity contribution in [3.8, 4) is 0 Å². The van der Waals surface area contributed by atoms with Crippen LogP contribution in [0.3, 0.4) is 0 Å². The molecule has 0 aromatic carbocycles. The zero-order chi connectivity index (χ0) is 11.3. The number of hydrogen-bond donors (Lipinski definition) is 1. The summed E-state index contributed by atoms with van der Waals surface area (Å²) in [4.78, 5) is 2.47. The Morgan fingerprint density at radius 2 is 2.27 bits per heavy atom. The summed E-state index contributed by atoms with van der Waals surface area (Å²) < 4.78 is 5.43. The van der Waals surface area contributed by atoms with Crippen LogP contribution in [-0.2, 0) is 4.74 Å². The second-order valence-electron chi connectivity index (χ2n) is 5.13. The number of rotatable bonds is 6. The molecule has 1 rings (SSSR count). The third kappa shape index (κ3) is 3.74. The number of likely N-dealkylation sites (N-methyl/N-ethyl adjacent to an activating group) is 1. The number of hydrogen-bond acceptors (Lipinski definition) is 3. The summed E-state index contributed by atoms with van der Waals surface area (Å²) in [5, 5.41) is 3.30. The molecule has 0 bridgehead atoms. The Bertz CT molecular complexity index is 180. The van der Waals surface area contributed by atoms with Crippen molar-refractivity contribution in [1.29, 1.82) is 0 Å². The third-order valence-corrected chi connectivity index (χ3v) is 3.62. The van der Waals surface area contributed by atoms with Crippen LogP contribution < -0.4 is 5.32 Å². The van der Waals surface area contributed by atoms with Crippen molar-refractivity contribution in [2.45, 2.75) is 32.7 Å². The van der Waals surface area contributed by atoms with E-state index in [1.165, 1.54) is 12.8 Å². The predicted molar refractivity (Wildman–Crippen MR) is 64.2 cm³/mol. The van der Waals surface area contributed by atoms with Gasteiger partial charge < -0.3 is 15.0 Å². The molecule has 1 N–H and O–H groups in total. The van der Waals surface area contributed by atoms with Gasteiger partial charge in [-0.15, -0.1) is 0 Å². The molecule has 2 unspecified atom stereocenters. The molecule has 0 aromatic heterocycles. The SMILES string of the molecule is CCC(C)(CNC)CN(C)C1CCOC1. The lowest BCUT2D eigenvalue weighted by Gasteiger charge is -2.35. The largest absolute Gasteiger partial charge is 0.380 e. The lowest BCUT2D eigenvalue weighted by Crippen LogP contribution is -2.44. The van der Waals surface area contributed by atoms with Crippen LogP contribution in [0.4, 0.5) is 0 Å². The van der Waals surface area contributed by atoms with Crippen LogP contribution in [0.1, 0.15) is 26.7 Å². The summed E-state index contributed by atoms with van der Waals surface area (Å²) in [6.45, 7) is 8.71. The quantitative estimate of drug-likeness (QED) is 0.722. The molecule has 2 atom stereocenters. The van der Waals surface area contributed by atoms with Gasteiger partial charge in [-0.2, -0.15) is 0 Å². The van der Waals surface area contributed by atoms with Crippen molar-refractivity contribution in [2.24, 2.45) is 5.41 Å². The van der Waals surface area contributed by atoms with Gasteiger partial charge in [0.15, 0.2) is 0 Å². The molecule has 1 fully saturated rings. The standard InChI is InChI=1S/C12H26N2O/c1-5-12(2,9-13-3)10-14(4)11-6-7-15-8-11/h11,13H,5-10H2,1-4H3. The average molecular weight is 214 g/mol. The van der Waals surface area contributed by atoms with E-state index >= 15 is 0 Å². The number of ether oxygens (including phenoxy) is 1. The van der Waals surface area contributed by atoms with Crippen LogP contribution in [-0.4, -0.2) is 51.3 Å². The van der Waals surface area contributed by atoms with E-state index in [1.807, 2.05) is 7.05 Å². The highest BCUT2D eigenvalue weighted by Gasteiger charge is 2.28. The van der Waals surface area contributed by atoms with Gasteiger partial charge in [0.2, 0.25) is 0 Å². The zero-order valence-corrected chi connectivity index (χ0v) is 10.7. The van der Waals surface area contributed by atoms with Gasteiger partial charge in [-0.1, -0.05) is 13.8 Å². The third-order valence-electron chi connectivity index (χ3n) is 3.62. The zero-order valence-electron chi connectivity index (χ0n) is 10.7. The van der Waals surface area contributed by atoms with Gasteiger partial charge in [-0.05, 0) is 32.4 Å². The van der Waals surface area contributed by atoms with Crippen molar-refractivity contribution in [1.82, 2.24) is 10.2 Å². The second kappa shape index (κ2) is 5.83. The fourth-order valence-corrected chi connectivity index (χ4v) is 2.32. The van der Waals surface area contributed by atoms with Crippen LogP contribution in [0.5, 0.6) is 0 Å². The Morgan fingerprint density at radius 3 is 2.73 bits per heavy atom. The van der Waals surface area contributed by atoms with E-state index in [4.69, 9.17) is 4.74 Å². The van der Waals surface area contributed by atoms with Gasteiger partial charge in [0, 0.05) is 25.7 Å². The van der Waals surface area contributed by atoms with Gasteiger partial charge in [-0.25, -0.2) is 0 Å². The molecule has 15 heavy (non-hydrogen) atoms. The fraction of sp³-hybridized carbons (Fsp3) is 1.00. The molecule has 0 amide bonds. The Kier molecular flexibility index (Phi) is 5.03. The predicted octanol–water partition coefficient (Wildman–Crippen LogP) is 1.34. The summed E-state index contributed by atoms with van der Waals surface area (Å²) >= 11 is 0. The summed E-state index contributed by atoms with van der Waals surface area (Å²) in [5.41, 5.74) is 0.381. The molecule has 90 valence electrons. The first-order valence-corrected chi connectivity index (χ1v) is 6.04. The van der Waals surface area contributed by atoms with Crippen molar-refractivity contribution < 1.29 is 4.74 Å². The fourth-order valence-electron chi connectivity index (χ4n) is 2.32. The molecule has 1 aliphatic rings. The molecule has 0 spiro atoms. The van der Waals surface area contributed by atoms with E-state index in [0.29, 0.717) is 11.5 Å². The first-order chi connectivity index (χ1) is 7.11. The topological polar surface area (TPSA) is 24.5 Å². The van der Waals surface area contributed by atoms with E-state index in [2.05, 4.69) is 31.1 Å². The molecule has 1 aliphatic heterocycles. The monoisotopic (exact) mass is 214 g/mol. The van der Waals surface area contributed by atoms with Gasteiger partial charge in [0.25, 0.3) is 0 Å². The summed E-state index contributed by atoms with van der Waals surface area (Å²) in [6, 6.07) is 0.632. The van der Waals surface area contributed by atoms with Gasteiger partial charge in [-0.3, -0.25) is 0 Å². The minimum atomic E-state index is 0.381. The van der Waals surface area contributed by atoms with Crippen LogP contribution in [0, 0.1) is 5.41 Å². The maximum atomic E-state index is 5.43. The highest BCUT2D eigenvalue weighted by atomic mass is 16.5. The van der Waals surface area contributed by atoms with Crippen molar-refractivity contribution in [3.05, 3.63) is 0 Å². The van der Waals surface area contributed by atoms with E-state index < -0.39 is 0 Å². The van der Waals surface area contributed by atoms with E-state index in [-0.39, 0.29) is 0 Å². The minimum Gasteiger partial charge on any atom is -0.380 e.